The van der Waals surface area contributed by atoms with Crippen molar-refractivity contribution in [3.8, 4) is 0 Å². The minimum absolute atomic E-state index is 0.122. The van der Waals surface area contributed by atoms with Crippen molar-refractivity contribution >= 4 is 23.4 Å². The molecule has 1 saturated heterocycles. The summed E-state index contributed by atoms with van der Waals surface area (Å²) in [6.45, 7) is 1.20. The van der Waals surface area contributed by atoms with Crippen LogP contribution in [0, 0.1) is 11.8 Å². The van der Waals surface area contributed by atoms with Crippen LogP contribution < -0.4 is 15.8 Å². The van der Waals surface area contributed by atoms with E-state index in [2.05, 4.69) is 15.5 Å². The van der Waals surface area contributed by atoms with Gasteiger partial charge in [-0.2, -0.15) is 5.10 Å². The van der Waals surface area contributed by atoms with Crippen LogP contribution in [0.4, 0.5) is 10.5 Å². The normalized spacial score (nSPS) is 31.5. The van der Waals surface area contributed by atoms with Gasteiger partial charge in [-0.1, -0.05) is 18.0 Å². The summed E-state index contributed by atoms with van der Waals surface area (Å²) in [5.74, 6) is 1.41. The molecular formula is C16H21ClN4O3. The molecule has 130 valence electrons. The predicted octanol–water partition coefficient (Wildman–Crippen LogP) is 1.92. The Morgan fingerprint density at radius 2 is 2.25 bits per heavy atom. The summed E-state index contributed by atoms with van der Waals surface area (Å²) in [4.78, 5) is 25.6. The number of rotatable bonds is 3. The highest BCUT2D eigenvalue weighted by molar-refractivity contribution is 6.33. The molecule has 2 heterocycles. The van der Waals surface area contributed by atoms with E-state index in [1.54, 1.807) is 0 Å². The lowest BCUT2D eigenvalue weighted by Gasteiger charge is -2.24. The molecule has 4 rings (SSSR count). The van der Waals surface area contributed by atoms with E-state index >= 15 is 0 Å². The maximum atomic E-state index is 12.2. The Morgan fingerprint density at radius 3 is 3.00 bits per heavy atom. The summed E-state index contributed by atoms with van der Waals surface area (Å²) >= 11 is 6.03. The van der Waals surface area contributed by atoms with E-state index in [9.17, 15) is 9.59 Å². The first-order valence-corrected chi connectivity index (χ1v) is 8.93. The van der Waals surface area contributed by atoms with Crippen LogP contribution in [-0.2, 0) is 4.74 Å². The van der Waals surface area contributed by atoms with Gasteiger partial charge in [0, 0.05) is 19.0 Å². The zero-order chi connectivity index (χ0) is 16.7. The van der Waals surface area contributed by atoms with E-state index in [-0.39, 0.29) is 23.3 Å². The number of aromatic nitrogens is 2. The molecule has 1 amide bonds. The summed E-state index contributed by atoms with van der Waals surface area (Å²) in [6.07, 6.45) is 6.59. The molecule has 3 fully saturated rings. The lowest BCUT2D eigenvalue weighted by molar-refractivity contribution is 0.102. The number of carbonyl (C=O) groups is 1. The van der Waals surface area contributed by atoms with Gasteiger partial charge in [-0.15, -0.1) is 0 Å². The Morgan fingerprint density at radius 1 is 1.38 bits per heavy atom. The highest BCUT2D eigenvalue weighted by Crippen LogP contribution is 2.44. The van der Waals surface area contributed by atoms with E-state index in [0.29, 0.717) is 31.1 Å². The van der Waals surface area contributed by atoms with Crippen LogP contribution in [-0.4, -0.2) is 41.5 Å². The van der Waals surface area contributed by atoms with Crippen LogP contribution in [0.3, 0.4) is 0 Å². The van der Waals surface area contributed by atoms with Gasteiger partial charge in [-0.05, 0) is 31.1 Å². The van der Waals surface area contributed by atoms with Crippen molar-refractivity contribution in [1.82, 2.24) is 15.5 Å². The number of amides is 1. The van der Waals surface area contributed by atoms with Gasteiger partial charge in [-0.25, -0.2) is 9.89 Å². The number of nitrogens with one attached hydrogen (secondary N) is 2. The average molecular weight is 353 g/mol. The number of ether oxygens (including phenoxy) is 1. The third-order valence-electron chi connectivity index (χ3n) is 5.58. The van der Waals surface area contributed by atoms with E-state index in [1.807, 2.05) is 4.90 Å². The van der Waals surface area contributed by atoms with Crippen molar-refractivity contribution in [2.24, 2.45) is 11.8 Å². The number of nitrogens with zero attached hydrogens (tertiary/aromatic N) is 2. The van der Waals surface area contributed by atoms with Crippen molar-refractivity contribution in [2.45, 2.75) is 44.2 Å². The van der Waals surface area contributed by atoms with E-state index in [1.165, 1.54) is 25.5 Å². The van der Waals surface area contributed by atoms with Crippen LogP contribution in [0.1, 0.15) is 32.1 Å². The Kier molecular flexibility index (Phi) is 4.12. The number of fused-ring (bicyclic) bond motifs is 2. The molecule has 2 bridgehead atoms. The Hall–Kier alpha value is -1.76. The van der Waals surface area contributed by atoms with Crippen molar-refractivity contribution in [3.05, 3.63) is 21.6 Å². The number of carbonyl (C=O) groups excluding carboxylic acids is 1. The third kappa shape index (κ3) is 2.97. The number of hydrogen-bond donors (Lipinski definition) is 2. The topological polar surface area (TPSA) is 87.3 Å². The van der Waals surface area contributed by atoms with Crippen LogP contribution in [0.2, 0.25) is 5.02 Å². The van der Waals surface area contributed by atoms with Gasteiger partial charge in [0.25, 0.3) is 5.56 Å². The van der Waals surface area contributed by atoms with Crippen molar-refractivity contribution in [1.29, 1.82) is 0 Å². The first-order valence-electron chi connectivity index (χ1n) is 8.55. The molecule has 1 aromatic rings. The maximum absolute atomic E-state index is 12.2. The number of alkyl carbamates (subject to hydrolysis) is 1. The third-order valence-corrected chi connectivity index (χ3v) is 5.94. The standard InChI is InChI=1S/C16H21ClN4O3/c17-14-13(7-18-20-15(14)22)21-4-3-11(8-21)24-16(23)19-12-6-9-1-2-10(12)5-9/h7,9-12H,1-6,8H2,(H,19,23)(H,20,22)/t9?,10?,11-,12?/m1/s1. The molecule has 2 N–H and O–H groups in total. The van der Waals surface area contributed by atoms with Crippen molar-refractivity contribution < 1.29 is 9.53 Å². The second-order valence-corrected chi connectivity index (χ2v) is 7.46. The lowest BCUT2D eigenvalue weighted by atomic mass is 9.96. The van der Waals surface area contributed by atoms with Gasteiger partial charge in [-0.3, -0.25) is 4.79 Å². The molecule has 2 aliphatic carbocycles. The number of hydrogen-bond acceptors (Lipinski definition) is 5. The van der Waals surface area contributed by atoms with Gasteiger partial charge >= 0.3 is 6.09 Å². The van der Waals surface area contributed by atoms with E-state index in [0.717, 1.165) is 12.3 Å². The molecule has 2 saturated carbocycles. The van der Waals surface area contributed by atoms with Crippen LogP contribution in [0.25, 0.3) is 0 Å². The second-order valence-electron chi connectivity index (χ2n) is 7.09. The minimum atomic E-state index is -0.410. The molecule has 24 heavy (non-hydrogen) atoms. The summed E-state index contributed by atoms with van der Waals surface area (Å²) in [7, 11) is 0. The molecule has 0 radical (unpaired) electrons. The fourth-order valence-electron chi connectivity index (χ4n) is 4.40. The van der Waals surface area contributed by atoms with Crippen LogP contribution in [0.5, 0.6) is 0 Å². The molecule has 8 heteroatoms. The highest BCUT2D eigenvalue weighted by atomic mass is 35.5. The van der Waals surface area contributed by atoms with Gasteiger partial charge in [0.2, 0.25) is 0 Å². The number of anilines is 1. The predicted molar refractivity (Wildman–Crippen MR) is 89.3 cm³/mol. The molecule has 0 spiro atoms. The summed E-state index contributed by atoms with van der Waals surface area (Å²) in [6, 6.07) is 0.278. The fraction of sp³-hybridized carbons (Fsp3) is 0.688. The number of aromatic amines is 1. The molecule has 1 aliphatic heterocycles. The van der Waals surface area contributed by atoms with E-state index < -0.39 is 5.56 Å². The molecular weight excluding hydrogens is 332 g/mol. The largest absolute Gasteiger partial charge is 0.444 e. The van der Waals surface area contributed by atoms with Gasteiger partial charge in [0.1, 0.15) is 11.1 Å². The SMILES string of the molecule is O=C(NC1CC2CCC1C2)O[C@@H]1CCN(c2cn[nH]c(=O)c2Cl)C1. The zero-order valence-corrected chi connectivity index (χ0v) is 14.1. The molecule has 0 aromatic carbocycles. The quantitative estimate of drug-likeness (QED) is 0.867. The molecule has 3 unspecified atom stereocenters. The molecule has 7 nitrogen and oxygen atoms in total. The van der Waals surface area contributed by atoms with Crippen LogP contribution in [0.15, 0.2) is 11.0 Å². The zero-order valence-electron chi connectivity index (χ0n) is 13.3. The number of halogens is 1. The van der Waals surface area contributed by atoms with Gasteiger partial charge < -0.3 is 15.0 Å². The molecule has 3 aliphatic rings. The molecule has 4 atom stereocenters. The summed E-state index contributed by atoms with van der Waals surface area (Å²) in [5.41, 5.74) is 0.174. The number of H-pyrrole nitrogens is 1. The highest BCUT2D eigenvalue weighted by Gasteiger charge is 2.40. The lowest BCUT2D eigenvalue weighted by Crippen LogP contribution is -2.40. The first-order chi connectivity index (χ1) is 11.6. The monoisotopic (exact) mass is 352 g/mol. The fourth-order valence-corrected chi connectivity index (χ4v) is 4.61. The summed E-state index contributed by atoms with van der Waals surface area (Å²) < 4.78 is 5.56. The summed E-state index contributed by atoms with van der Waals surface area (Å²) in [5, 5.41) is 9.24. The van der Waals surface area contributed by atoms with Crippen LogP contribution >= 0.6 is 11.6 Å². The van der Waals surface area contributed by atoms with Gasteiger partial charge in [0.15, 0.2) is 0 Å². The Bertz CT molecular complexity index is 694. The molecule has 1 aromatic heterocycles. The van der Waals surface area contributed by atoms with Crippen molar-refractivity contribution in [2.75, 3.05) is 18.0 Å². The Balaban J connectivity index is 1.31. The van der Waals surface area contributed by atoms with E-state index in [4.69, 9.17) is 16.3 Å². The average Bonchev–Trinajstić information content (AvgIpc) is 3.27. The van der Waals surface area contributed by atoms with Crippen molar-refractivity contribution in [3.63, 3.8) is 0 Å². The smallest absolute Gasteiger partial charge is 0.407 e. The maximum Gasteiger partial charge on any atom is 0.407 e. The second kappa shape index (κ2) is 6.27. The first kappa shape index (κ1) is 15.7. The van der Waals surface area contributed by atoms with Gasteiger partial charge in [0.05, 0.1) is 18.4 Å². The Labute approximate surface area is 144 Å². The minimum Gasteiger partial charge on any atom is -0.444 e.